The van der Waals surface area contributed by atoms with Crippen LogP contribution in [0.5, 0.6) is 0 Å². The fraction of sp³-hybridized carbons (Fsp3) is 0.0588. The second-order valence-electron chi connectivity index (χ2n) is 4.79. The molecule has 0 fully saturated rings. The third kappa shape index (κ3) is 2.81. The number of fused-ring (bicyclic) bond motifs is 1. The number of benzene rings is 2. The van der Waals surface area contributed by atoms with Gasteiger partial charge in [-0.05, 0) is 44.9 Å². The van der Waals surface area contributed by atoms with E-state index in [1.54, 1.807) is 30.4 Å². The van der Waals surface area contributed by atoms with E-state index in [2.05, 4.69) is 27.0 Å². The van der Waals surface area contributed by atoms with Gasteiger partial charge in [-0.1, -0.05) is 30.3 Å². The number of amides is 1. The van der Waals surface area contributed by atoms with E-state index in [4.69, 9.17) is 0 Å². The molecule has 1 amide bonds. The average Bonchev–Trinajstić information content (AvgIpc) is 2.53. The molecule has 2 aromatic carbocycles. The Morgan fingerprint density at radius 1 is 1.05 bits per heavy atom. The third-order valence-corrected chi connectivity index (χ3v) is 3.81. The van der Waals surface area contributed by atoms with Gasteiger partial charge >= 0.3 is 0 Å². The monoisotopic (exact) mass is 340 g/mol. The lowest BCUT2D eigenvalue weighted by Crippen LogP contribution is -2.26. The number of hydrogen-bond acceptors (Lipinski definition) is 2. The molecule has 0 N–H and O–H groups in total. The highest BCUT2D eigenvalue weighted by atomic mass is 79.9. The molecule has 1 heterocycles. The van der Waals surface area contributed by atoms with Crippen LogP contribution >= 0.6 is 15.9 Å². The van der Waals surface area contributed by atoms with E-state index in [-0.39, 0.29) is 5.91 Å². The maximum atomic E-state index is 12.5. The molecule has 0 bridgehead atoms. The van der Waals surface area contributed by atoms with Gasteiger partial charge in [-0.2, -0.15) is 0 Å². The van der Waals surface area contributed by atoms with Crippen LogP contribution in [0.2, 0.25) is 0 Å². The Hall–Kier alpha value is -2.20. The average molecular weight is 341 g/mol. The van der Waals surface area contributed by atoms with E-state index in [0.717, 1.165) is 20.9 Å². The van der Waals surface area contributed by atoms with E-state index in [1.807, 2.05) is 36.4 Å². The van der Waals surface area contributed by atoms with Crippen molar-refractivity contribution in [3.63, 3.8) is 0 Å². The summed E-state index contributed by atoms with van der Waals surface area (Å²) in [4.78, 5) is 18.2. The van der Waals surface area contributed by atoms with Crippen molar-refractivity contribution in [1.82, 2.24) is 4.98 Å². The van der Waals surface area contributed by atoms with Crippen LogP contribution in [0, 0.1) is 0 Å². The molecule has 0 aliphatic heterocycles. The Morgan fingerprint density at radius 3 is 2.57 bits per heavy atom. The summed E-state index contributed by atoms with van der Waals surface area (Å²) in [5, 5.41) is 2.27. The largest absolute Gasteiger partial charge is 0.311 e. The summed E-state index contributed by atoms with van der Waals surface area (Å²) in [6.07, 6.45) is 3.23. The highest BCUT2D eigenvalue weighted by Crippen LogP contribution is 2.23. The summed E-state index contributed by atoms with van der Waals surface area (Å²) in [7, 11) is 1.77. The first kappa shape index (κ1) is 13.8. The molecule has 4 heteroatoms. The molecule has 3 aromatic rings. The first-order valence-electron chi connectivity index (χ1n) is 6.52. The minimum absolute atomic E-state index is 0.0842. The summed E-state index contributed by atoms with van der Waals surface area (Å²) in [5.41, 5.74) is 1.42. The van der Waals surface area contributed by atoms with Crippen LogP contribution in [-0.2, 0) is 0 Å². The first-order chi connectivity index (χ1) is 10.1. The maximum absolute atomic E-state index is 12.5. The van der Waals surface area contributed by atoms with Crippen molar-refractivity contribution in [3.8, 4) is 0 Å². The molecule has 0 aliphatic carbocycles. The zero-order valence-electron chi connectivity index (χ0n) is 11.5. The Bertz CT molecular complexity index is 817. The molecule has 1 aromatic heterocycles. The van der Waals surface area contributed by atoms with Gasteiger partial charge in [-0.15, -0.1) is 0 Å². The highest BCUT2D eigenvalue weighted by molar-refractivity contribution is 9.10. The van der Waals surface area contributed by atoms with E-state index >= 15 is 0 Å². The number of carbonyl (C=O) groups is 1. The predicted octanol–water partition coefficient (Wildman–Crippen LogP) is 4.27. The summed E-state index contributed by atoms with van der Waals surface area (Å²) in [6, 6.07) is 15.8. The lowest BCUT2D eigenvalue weighted by Gasteiger charge is -2.18. The van der Waals surface area contributed by atoms with Crippen LogP contribution in [0.4, 0.5) is 5.69 Å². The third-order valence-electron chi connectivity index (χ3n) is 3.38. The van der Waals surface area contributed by atoms with Crippen LogP contribution in [0.15, 0.2) is 65.4 Å². The lowest BCUT2D eigenvalue weighted by atomic mass is 10.1. The highest BCUT2D eigenvalue weighted by Gasteiger charge is 2.14. The molecular formula is C17H13BrN2O. The van der Waals surface area contributed by atoms with Gasteiger partial charge in [0, 0.05) is 29.6 Å². The molecule has 0 aliphatic rings. The van der Waals surface area contributed by atoms with Crippen LogP contribution < -0.4 is 4.90 Å². The normalized spacial score (nSPS) is 10.6. The Balaban J connectivity index is 1.96. The molecule has 3 rings (SSSR count). The van der Waals surface area contributed by atoms with Gasteiger partial charge in [-0.3, -0.25) is 9.78 Å². The SMILES string of the molecule is CN(C(=O)c1cncc(Br)c1)c1ccc2ccccc2c1. The van der Waals surface area contributed by atoms with Gasteiger partial charge in [0.15, 0.2) is 0 Å². The quantitative estimate of drug-likeness (QED) is 0.697. The van der Waals surface area contributed by atoms with Crippen molar-refractivity contribution < 1.29 is 4.79 Å². The second-order valence-corrected chi connectivity index (χ2v) is 5.70. The predicted molar refractivity (Wildman–Crippen MR) is 88.6 cm³/mol. The Morgan fingerprint density at radius 2 is 1.81 bits per heavy atom. The van der Waals surface area contributed by atoms with Gasteiger partial charge in [0.2, 0.25) is 0 Å². The number of rotatable bonds is 2. The topological polar surface area (TPSA) is 33.2 Å². The van der Waals surface area contributed by atoms with Gasteiger partial charge in [0.05, 0.1) is 5.56 Å². The number of aromatic nitrogens is 1. The van der Waals surface area contributed by atoms with Gasteiger partial charge in [-0.25, -0.2) is 0 Å². The van der Waals surface area contributed by atoms with Gasteiger partial charge in [0.25, 0.3) is 5.91 Å². The van der Waals surface area contributed by atoms with E-state index in [0.29, 0.717) is 5.56 Å². The van der Waals surface area contributed by atoms with Crippen molar-refractivity contribution in [3.05, 3.63) is 71.0 Å². The fourth-order valence-corrected chi connectivity index (χ4v) is 2.59. The molecule has 104 valence electrons. The lowest BCUT2D eigenvalue weighted by molar-refractivity contribution is 0.0992. The van der Waals surface area contributed by atoms with Crippen molar-refractivity contribution in [2.45, 2.75) is 0 Å². The number of pyridine rings is 1. The minimum atomic E-state index is -0.0842. The van der Waals surface area contributed by atoms with E-state index in [9.17, 15) is 4.79 Å². The van der Waals surface area contributed by atoms with Gasteiger partial charge in [0.1, 0.15) is 0 Å². The summed E-state index contributed by atoms with van der Waals surface area (Å²) < 4.78 is 0.792. The standard InChI is InChI=1S/C17H13BrN2O/c1-20(17(21)14-8-15(18)11-19-10-14)16-7-6-12-4-2-3-5-13(12)9-16/h2-11H,1H3. The van der Waals surface area contributed by atoms with Crippen molar-refractivity contribution in [1.29, 1.82) is 0 Å². The molecule has 0 saturated heterocycles. The molecule has 0 spiro atoms. The van der Waals surface area contributed by atoms with Gasteiger partial charge < -0.3 is 4.90 Å². The van der Waals surface area contributed by atoms with Crippen molar-refractivity contribution in [2.24, 2.45) is 0 Å². The number of halogens is 1. The molecule has 0 radical (unpaired) electrons. The molecule has 21 heavy (non-hydrogen) atoms. The Kier molecular flexibility index (Phi) is 3.71. The second kappa shape index (κ2) is 5.66. The Labute approximate surface area is 131 Å². The summed E-state index contributed by atoms with van der Waals surface area (Å²) in [6.45, 7) is 0. The number of nitrogens with zero attached hydrogens (tertiary/aromatic N) is 2. The molecule has 0 atom stereocenters. The zero-order valence-corrected chi connectivity index (χ0v) is 13.0. The van der Waals surface area contributed by atoms with E-state index < -0.39 is 0 Å². The van der Waals surface area contributed by atoms with Crippen molar-refractivity contribution in [2.75, 3.05) is 11.9 Å². The van der Waals surface area contributed by atoms with Crippen LogP contribution in [0.25, 0.3) is 10.8 Å². The molecule has 3 nitrogen and oxygen atoms in total. The smallest absolute Gasteiger partial charge is 0.259 e. The first-order valence-corrected chi connectivity index (χ1v) is 7.32. The fourth-order valence-electron chi connectivity index (χ4n) is 2.23. The van der Waals surface area contributed by atoms with Crippen LogP contribution in [-0.4, -0.2) is 17.9 Å². The number of anilines is 1. The summed E-state index contributed by atoms with van der Waals surface area (Å²) in [5.74, 6) is -0.0842. The van der Waals surface area contributed by atoms with Crippen LogP contribution in [0.3, 0.4) is 0 Å². The van der Waals surface area contributed by atoms with E-state index in [1.165, 1.54) is 0 Å². The summed E-state index contributed by atoms with van der Waals surface area (Å²) >= 11 is 3.34. The van der Waals surface area contributed by atoms with Crippen LogP contribution in [0.1, 0.15) is 10.4 Å². The maximum Gasteiger partial charge on any atom is 0.259 e. The minimum Gasteiger partial charge on any atom is -0.311 e. The molecular weight excluding hydrogens is 328 g/mol. The van der Waals surface area contributed by atoms with Crippen molar-refractivity contribution >= 4 is 38.3 Å². The zero-order chi connectivity index (χ0) is 14.8. The number of hydrogen-bond donors (Lipinski definition) is 0. The number of carbonyl (C=O) groups excluding carboxylic acids is 1. The molecule has 0 saturated carbocycles. The molecule has 0 unspecified atom stereocenters.